The van der Waals surface area contributed by atoms with Gasteiger partial charge in [-0.25, -0.2) is 4.79 Å². The molecule has 0 aliphatic heterocycles. The van der Waals surface area contributed by atoms with Crippen molar-refractivity contribution >= 4 is 41.5 Å². The van der Waals surface area contributed by atoms with Gasteiger partial charge in [0.05, 0.1) is 0 Å². The predicted molar refractivity (Wildman–Crippen MR) is 194 cm³/mol. The van der Waals surface area contributed by atoms with Crippen molar-refractivity contribution in [2.75, 3.05) is 14.1 Å². The van der Waals surface area contributed by atoms with E-state index < -0.39 is 59.8 Å². The van der Waals surface area contributed by atoms with Gasteiger partial charge in [-0.3, -0.25) is 28.8 Å². The summed E-state index contributed by atoms with van der Waals surface area (Å²) in [7, 11) is 3.09. The molecular weight excluding hydrogens is 670 g/mol. The third-order valence-electron chi connectivity index (χ3n) is 7.70. The first kappa shape index (κ1) is 42.4. The van der Waals surface area contributed by atoms with Crippen LogP contribution in [0.3, 0.4) is 0 Å². The molecule has 0 bridgehead atoms. The van der Waals surface area contributed by atoms with E-state index in [1.54, 1.807) is 68.7 Å². The molecule has 0 saturated heterocycles. The summed E-state index contributed by atoms with van der Waals surface area (Å²) in [5, 5.41) is 10.7. The highest BCUT2D eigenvalue weighted by Crippen LogP contribution is 2.11. The van der Waals surface area contributed by atoms with Crippen molar-refractivity contribution in [2.45, 2.75) is 83.1 Å². The second-order valence-corrected chi connectivity index (χ2v) is 12.9. The number of hydrogen-bond acceptors (Lipinski definition) is 8. The average molecular weight is 722 g/mol. The van der Waals surface area contributed by atoms with Crippen molar-refractivity contribution < 1.29 is 38.3 Å². The van der Waals surface area contributed by atoms with E-state index in [0.717, 1.165) is 5.56 Å². The minimum absolute atomic E-state index is 0.0123. The molecule has 0 aliphatic carbocycles. The van der Waals surface area contributed by atoms with Crippen LogP contribution in [0.1, 0.15) is 57.1 Å². The van der Waals surface area contributed by atoms with Crippen LogP contribution in [0.4, 0.5) is 4.79 Å². The van der Waals surface area contributed by atoms with E-state index in [2.05, 4.69) is 21.3 Å². The summed E-state index contributed by atoms with van der Waals surface area (Å²) >= 11 is 0. The number of benzene rings is 2. The number of nitrogens with one attached hydrogen (secondary N) is 4. The van der Waals surface area contributed by atoms with Gasteiger partial charge in [0.25, 0.3) is 0 Å². The number of nitrogens with zero attached hydrogens (tertiary/aromatic N) is 1. The highest BCUT2D eigenvalue weighted by atomic mass is 16.5. The van der Waals surface area contributed by atoms with Crippen molar-refractivity contribution in [3.05, 3.63) is 83.9 Å². The van der Waals surface area contributed by atoms with Crippen LogP contribution >= 0.6 is 0 Å². The molecule has 0 heterocycles. The minimum atomic E-state index is -1.30. The van der Waals surface area contributed by atoms with Crippen LogP contribution in [0.5, 0.6) is 0 Å². The zero-order valence-electron chi connectivity index (χ0n) is 30.1. The van der Waals surface area contributed by atoms with Crippen LogP contribution < -0.4 is 32.7 Å². The van der Waals surface area contributed by atoms with E-state index in [-0.39, 0.29) is 57.0 Å². The van der Waals surface area contributed by atoms with Crippen molar-refractivity contribution in [1.29, 1.82) is 0 Å². The quantitative estimate of drug-likeness (QED) is 0.102. The number of nitrogens with two attached hydrogens (primary N) is 2. The van der Waals surface area contributed by atoms with Gasteiger partial charge in [0.15, 0.2) is 0 Å². The van der Waals surface area contributed by atoms with Gasteiger partial charge in [-0.05, 0) is 36.3 Å². The molecule has 52 heavy (non-hydrogen) atoms. The van der Waals surface area contributed by atoms with Crippen molar-refractivity contribution in [1.82, 2.24) is 26.2 Å². The van der Waals surface area contributed by atoms with Gasteiger partial charge in [0, 0.05) is 45.5 Å². The molecule has 0 spiro atoms. The van der Waals surface area contributed by atoms with Crippen LogP contribution in [0.25, 0.3) is 0 Å². The van der Waals surface area contributed by atoms with E-state index in [4.69, 9.17) is 16.2 Å². The Kier molecular flexibility index (Phi) is 18.1. The Morgan fingerprint density at radius 3 is 1.77 bits per heavy atom. The molecule has 2 aromatic carbocycles. The maximum atomic E-state index is 13.9. The van der Waals surface area contributed by atoms with E-state index in [1.165, 1.54) is 17.1 Å². The lowest BCUT2D eigenvalue weighted by molar-refractivity contribution is -0.133. The second kappa shape index (κ2) is 22.2. The molecule has 15 heteroatoms. The number of amides is 7. The first-order valence-corrected chi connectivity index (χ1v) is 17.0. The summed E-state index contributed by atoms with van der Waals surface area (Å²) in [5.41, 5.74) is 12.1. The molecular formula is C37H51N7O8. The molecule has 2 aromatic rings. The third kappa shape index (κ3) is 16.8. The Balaban J connectivity index is 2.31. The number of rotatable bonds is 21. The highest BCUT2D eigenvalue weighted by Gasteiger charge is 2.31. The van der Waals surface area contributed by atoms with E-state index in [1.807, 2.05) is 19.9 Å². The summed E-state index contributed by atoms with van der Waals surface area (Å²) in [6, 6.07) is 13.5. The maximum absolute atomic E-state index is 13.9. The lowest BCUT2D eigenvalue weighted by Gasteiger charge is -2.26. The molecule has 4 atom stereocenters. The van der Waals surface area contributed by atoms with Gasteiger partial charge in [0.1, 0.15) is 24.7 Å². The molecule has 0 aromatic heterocycles. The predicted octanol–water partition coefficient (Wildman–Crippen LogP) is 1.20. The lowest BCUT2D eigenvalue weighted by atomic mass is 10.0. The molecule has 0 saturated carbocycles. The number of primary amides is 2. The smallest absolute Gasteiger partial charge is 0.408 e. The van der Waals surface area contributed by atoms with Crippen molar-refractivity contribution in [2.24, 2.45) is 17.4 Å². The maximum Gasteiger partial charge on any atom is 0.408 e. The molecule has 2 rings (SSSR count). The van der Waals surface area contributed by atoms with Gasteiger partial charge in [-0.15, -0.1) is 0 Å². The zero-order chi connectivity index (χ0) is 38.6. The lowest BCUT2D eigenvalue weighted by Crippen LogP contribution is -2.58. The minimum Gasteiger partial charge on any atom is -0.445 e. The van der Waals surface area contributed by atoms with Gasteiger partial charge in [-0.1, -0.05) is 80.6 Å². The van der Waals surface area contributed by atoms with Crippen LogP contribution in [0.2, 0.25) is 0 Å². The first-order chi connectivity index (χ1) is 24.6. The summed E-state index contributed by atoms with van der Waals surface area (Å²) in [5.74, 6) is -3.87. The number of likely N-dealkylation sites (N-methyl/N-ethyl adjacent to an activating group) is 1. The topological polar surface area (TPSA) is 232 Å². The van der Waals surface area contributed by atoms with Crippen molar-refractivity contribution in [3.63, 3.8) is 0 Å². The summed E-state index contributed by atoms with van der Waals surface area (Å²) in [6.45, 7) is 3.73. The molecule has 0 radical (unpaired) electrons. The van der Waals surface area contributed by atoms with Crippen LogP contribution in [0.15, 0.2) is 72.8 Å². The highest BCUT2D eigenvalue weighted by molar-refractivity contribution is 5.94. The molecule has 8 N–H and O–H groups in total. The molecule has 282 valence electrons. The Bertz CT molecular complexity index is 1530. The number of carbonyl (C=O) groups excluding carboxylic acids is 7. The van der Waals surface area contributed by atoms with E-state index in [0.29, 0.717) is 5.56 Å². The third-order valence-corrected chi connectivity index (χ3v) is 7.70. The molecule has 7 amide bonds. The van der Waals surface area contributed by atoms with E-state index >= 15 is 0 Å². The normalized spacial score (nSPS) is 13.2. The van der Waals surface area contributed by atoms with Gasteiger partial charge in [-0.2, -0.15) is 0 Å². The first-order valence-electron chi connectivity index (χ1n) is 17.0. The Labute approximate surface area is 304 Å². The largest absolute Gasteiger partial charge is 0.445 e. The standard InChI is InChI=1S/C37H51N7O8/c1-24(2)21-29(43-37(51)52-23-26-13-9-6-10-14-26)35(49)42-30(22-25-11-7-5-8-12-25)36(50)41-28(17-19-32(39)46)34(48)40-27(15-18-31(38)45)16-20-33(47)44(3)4/h5-14,16,20,24,27-30H,15,17-19,21-23H2,1-4H3,(H2,38,45)(H2,39,46)(H,40,48)(H,41,50)(H,42,49)(H,43,51)/b20-16+/t27-,28-,29-,30-/m0/s1. The van der Waals surface area contributed by atoms with Crippen LogP contribution in [-0.2, 0) is 46.5 Å². The van der Waals surface area contributed by atoms with Crippen LogP contribution in [0, 0.1) is 5.92 Å². The number of ether oxygens (including phenoxy) is 1. The summed E-state index contributed by atoms with van der Waals surface area (Å²) in [4.78, 5) is 90.6. The van der Waals surface area contributed by atoms with Gasteiger partial charge < -0.3 is 42.4 Å². The number of hydrogen-bond donors (Lipinski definition) is 6. The van der Waals surface area contributed by atoms with Gasteiger partial charge in [0.2, 0.25) is 35.4 Å². The van der Waals surface area contributed by atoms with E-state index in [9.17, 15) is 33.6 Å². The Morgan fingerprint density at radius 2 is 1.21 bits per heavy atom. The summed E-state index contributed by atoms with van der Waals surface area (Å²) in [6.07, 6.45) is 1.56. The monoisotopic (exact) mass is 721 g/mol. The molecule has 0 unspecified atom stereocenters. The fourth-order valence-corrected chi connectivity index (χ4v) is 4.91. The Hall–Kier alpha value is -5.73. The molecule has 15 nitrogen and oxygen atoms in total. The van der Waals surface area contributed by atoms with Gasteiger partial charge >= 0.3 is 6.09 Å². The van der Waals surface area contributed by atoms with Crippen LogP contribution in [-0.4, -0.2) is 84.7 Å². The second-order valence-electron chi connectivity index (χ2n) is 12.9. The molecule has 0 fully saturated rings. The zero-order valence-corrected chi connectivity index (χ0v) is 30.1. The number of carbonyl (C=O) groups is 7. The number of alkyl carbamates (subject to hydrolysis) is 1. The average Bonchev–Trinajstić information content (AvgIpc) is 3.09. The Morgan fingerprint density at radius 1 is 0.692 bits per heavy atom. The molecule has 0 aliphatic rings. The fraction of sp³-hybridized carbons (Fsp3) is 0.432. The van der Waals surface area contributed by atoms with Crippen molar-refractivity contribution in [3.8, 4) is 0 Å². The fourth-order valence-electron chi connectivity index (χ4n) is 4.91. The SMILES string of the molecule is CC(C)C[C@H](NC(=O)OCc1ccccc1)C(=O)N[C@@H](Cc1ccccc1)C(=O)N[C@@H](CCC(N)=O)C(=O)N[C@H](/C=C/C(=O)N(C)C)CCC(N)=O. The summed E-state index contributed by atoms with van der Waals surface area (Å²) < 4.78 is 5.32.